The Kier molecular flexibility index (Phi) is 8.63. The molecule has 0 bridgehead atoms. The second-order valence-electron chi connectivity index (χ2n) is 10.1. The van der Waals surface area contributed by atoms with Gasteiger partial charge < -0.3 is 25.2 Å². The van der Waals surface area contributed by atoms with Gasteiger partial charge in [0.1, 0.15) is 6.61 Å². The quantitative estimate of drug-likeness (QED) is 0.247. The van der Waals surface area contributed by atoms with Crippen LogP contribution in [0.3, 0.4) is 0 Å². The molecule has 0 spiro atoms. The third-order valence-electron chi connectivity index (χ3n) is 7.41. The van der Waals surface area contributed by atoms with Crippen LogP contribution in [0.1, 0.15) is 41.3 Å². The Morgan fingerprint density at radius 3 is 2.12 bits per heavy atom. The fourth-order valence-corrected chi connectivity index (χ4v) is 5.21. The van der Waals surface area contributed by atoms with Crippen molar-refractivity contribution >= 4 is 18.0 Å². The number of amides is 2. The van der Waals surface area contributed by atoms with Crippen LogP contribution in [0.5, 0.6) is 0 Å². The zero-order valence-electron chi connectivity index (χ0n) is 23.3. The lowest BCUT2D eigenvalue weighted by Gasteiger charge is -2.25. The van der Waals surface area contributed by atoms with E-state index in [4.69, 9.17) is 9.47 Å². The molecule has 1 aromatic heterocycles. The summed E-state index contributed by atoms with van der Waals surface area (Å²) < 4.78 is 12.8. The van der Waals surface area contributed by atoms with E-state index in [2.05, 4.69) is 15.7 Å². The third kappa shape index (κ3) is 6.18. The maximum absolute atomic E-state index is 13.5. The van der Waals surface area contributed by atoms with Gasteiger partial charge in [-0.1, -0.05) is 78.9 Å². The summed E-state index contributed by atoms with van der Waals surface area (Å²) in [4.78, 5) is 38.7. The molecule has 3 aromatic carbocycles. The van der Waals surface area contributed by atoms with E-state index in [0.29, 0.717) is 5.69 Å². The summed E-state index contributed by atoms with van der Waals surface area (Å²) in [6, 6.07) is 24.2. The number of benzene rings is 3. The Morgan fingerprint density at radius 1 is 0.905 bits per heavy atom. The van der Waals surface area contributed by atoms with E-state index >= 15 is 0 Å². The van der Waals surface area contributed by atoms with Crippen LogP contribution in [0.4, 0.5) is 4.79 Å². The summed E-state index contributed by atoms with van der Waals surface area (Å²) in [6.07, 6.45) is -0.207. The van der Waals surface area contributed by atoms with Gasteiger partial charge in [-0.3, -0.25) is 9.48 Å². The highest BCUT2D eigenvalue weighted by Gasteiger charge is 2.34. The molecule has 2 amide bonds. The van der Waals surface area contributed by atoms with Gasteiger partial charge in [0.15, 0.2) is 12.1 Å². The van der Waals surface area contributed by atoms with Crippen molar-refractivity contribution in [2.45, 2.75) is 37.6 Å². The molecule has 3 N–H and O–H groups in total. The smallest absolute Gasteiger partial charge is 0.408 e. The van der Waals surface area contributed by atoms with Crippen molar-refractivity contribution in [3.05, 3.63) is 114 Å². The minimum atomic E-state index is -1.37. The Hall–Kier alpha value is -4.96. The first-order valence-corrected chi connectivity index (χ1v) is 13.6. The van der Waals surface area contributed by atoms with Crippen LogP contribution in [-0.4, -0.2) is 51.6 Å². The normalized spacial score (nSPS) is 14.2. The molecule has 0 saturated carbocycles. The van der Waals surface area contributed by atoms with Gasteiger partial charge in [-0.15, -0.1) is 0 Å². The zero-order chi connectivity index (χ0) is 29.6. The summed E-state index contributed by atoms with van der Waals surface area (Å²) in [6.45, 7) is 1.80. The molecule has 0 saturated heterocycles. The number of hydrogen-bond acceptors (Lipinski definition) is 6. The second kappa shape index (κ2) is 12.7. The lowest BCUT2D eigenvalue weighted by atomic mass is 9.98. The predicted molar refractivity (Wildman–Crippen MR) is 154 cm³/mol. The van der Waals surface area contributed by atoms with Crippen molar-refractivity contribution in [1.29, 1.82) is 0 Å². The number of aliphatic carboxylic acids is 1. The predicted octanol–water partition coefficient (Wildman–Crippen LogP) is 4.17. The molecule has 1 heterocycles. The summed E-state index contributed by atoms with van der Waals surface area (Å²) in [5, 5.41) is 19.1. The van der Waals surface area contributed by atoms with E-state index in [1.165, 1.54) is 10.9 Å². The lowest BCUT2D eigenvalue weighted by Crippen LogP contribution is -2.52. The van der Waals surface area contributed by atoms with Crippen molar-refractivity contribution in [3.8, 4) is 11.1 Å². The van der Waals surface area contributed by atoms with E-state index in [9.17, 15) is 19.5 Å². The van der Waals surface area contributed by atoms with E-state index in [0.717, 1.165) is 27.8 Å². The van der Waals surface area contributed by atoms with Gasteiger partial charge in [-0.2, -0.15) is 5.10 Å². The molecule has 0 fully saturated rings. The Morgan fingerprint density at radius 2 is 1.52 bits per heavy atom. The topological polar surface area (TPSA) is 132 Å². The number of rotatable bonds is 11. The van der Waals surface area contributed by atoms with Crippen LogP contribution in [0.15, 0.2) is 91.1 Å². The first-order chi connectivity index (χ1) is 20.3. The number of ether oxygens (including phenoxy) is 2. The van der Waals surface area contributed by atoms with Gasteiger partial charge in [0.25, 0.3) is 0 Å². The average molecular weight is 569 g/mol. The molecule has 1 aliphatic carbocycles. The minimum absolute atomic E-state index is 0.0572. The van der Waals surface area contributed by atoms with E-state index in [1.54, 1.807) is 20.0 Å². The molecule has 1 aliphatic rings. The van der Waals surface area contributed by atoms with Crippen molar-refractivity contribution in [2.24, 2.45) is 7.05 Å². The minimum Gasteiger partial charge on any atom is -0.480 e. The molecular weight excluding hydrogens is 536 g/mol. The highest BCUT2D eigenvalue weighted by atomic mass is 16.5. The number of hydrogen-bond donors (Lipinski definition) is 3. The molecule has 5 rings (SSSR count). The Bertz CT molecular complexity index is 1520. The van der Waals surface area contributed by atoms with Gasteiger partial charge in [-0.05, 0) is 40.8 Å². The molecule has 3 unspecified atom stereocenters. The summed E-state index contributed by atoms with van der Waals surface area (Å²) in [5.41, 5.74) is 5.52. The standard InChI is InChI=1S/C32H32N4O6/c1-20(41-18-21-10-4-3-5-11-21)28(31(38)39)34-30(37)29(27-16-17-33-36(27)2)35-32(40)42-19-26-24-14-8-6-12-22(24)23-13-7-9-15-25(23)26/h3-17,20,26,28-29H,18-19H2,1-2H3,(H,34,37)(H,35,40)(H,38,39). The number of fused-ring (bicyclic) bond motifs is 3. The van der Waals surface area contributed by atoms with Crippen LogP contribution in [0.25, 0.3) is 11.1 Å². The van der Waals surface area contributed by atoms with Crippen molar-refractivity contribution in [1.82, 2.24) is 20.4 Å². The van der Waals surface area contributed by atoms with Gasteiger partial charge >= 0.3 is 12.1 Å². The van der Waals surface area contributed by atoms with Crippen molar-refractivity contribution < 1.29 is 29.0 Å². The molecule has 10 nitrogen and oxygen atoms in total. The monoisotopic (exact) mass is 568 g/mol. The molecule has 10 heteroatoms. The van der Waals surface area contributed by atoms with Crippen LogP contribution < -0.4 is 10.6 Å². The molecule has 42 heavy (non-hydrogen) atoms. The number of carboxylic acid groups (broad SMARTS) is 1. The molecular formula is C32H32N4O6. The van der Waals surface area contributed by atoms with Crippen molar-refractivity contribution in [3.63, 3.8) is 0 Å². The second-order valence-corrected chi connectivity index (χ2v) is 10.1. The summed E-state index contributed by atoms with van der Waals surface area (Å²) in [5.74, 6) is -2.17. The fourth-order valence-electron chi connectivity index (χ4n) is 5.21. The SMILES string of the molecule is CC(OCc1ccccc1)C(NC(=O)C(NC(=O)OCC1c2ccccc2-c2ccccc21)c1ccnn1C)C(=O)O. The fraction of sp³-hybridized carbons (Fsp3) is 0.250. The third-order valence-corrected chi connectivity index (χ3v) is 7.41. The highest BCUT2D eigenvalue weighted by molar-refractivity contribution is 5.90. The molecule has 0 radical (unpaired) electrons. The number of carboxylic acids is 1. The molecule has 4 aromatic rings. The number of alkyl carbamates (subject to hydrolysis) is 1. The first kappa shape index (κ1) is 28.6. The molecule has 0 aliphatic heterocycles. The number of carbonyl (C=O) groups is 3. The Balaban J connectivity index is 1.27. The van der Waals surface area contributed by atoms with Gasteiger partial charge in [0, 0.05) is 19.2 Å². The molecule has 3 atom stereocenters. The van der Waals surface area contributed by atoms with Crippen LogP contribution in [-0.2, 0) is 32.7 Å². The van der Waals surface area contributed by atoms with Gasteiger partial charge in [-0.25, -0.2) is 9.59 Å². The summed E-state index contributed by atoms with van der Waals surface area (Å²) in [7, 11) is 1.62. The van der Waals surface area contributed by atoms with Gasteiger partial charge in [0.2, 0.25) is 5.91 Å². The number of nitrogens with zero attached hydrogens (tertiary/aromatic N) is 2. The number of aryl methyl sites for hydroxylation is 1. The van der Waals surface area contributed by atoms with Crippen LogP contribution >= 0.6 is 0 Å². The number of nitrogens with one attached hydrogen (secondary N) is 2. The Labute approximate surface area is 243 Å². The van der Waals surface area contributed by atoms with Gasteiger partial charge in [0.05, 0.1) is 18.4 Å². The molecule has 216 valence electrons. The summed E-state index contributed by atoms with van der Waals surface area (Å²) >= 11 is 0. The average Bonchev–Trinajstić information content (AvgIpc) is 3.57. The number of carbonyl (C=O) groups excluding carboxylic acids is 2. The van der Waals surface area contributed by atoms with Crippen molar-refractivity contribution in [2.75, 3.05) is 6.61 Å². The maximum atomic E-state index is 13.5. The zero-order valence-corrected chi connectivity index (χ0v) is 23.3. The van der Waals surface area contributed by atoms with Crippen LogP contribution in [0.2, 0.25) is 0 Å². The van der Waals surface area contributed by atoms with Crippen LogP contribution in [0, 0.1) is 0 Å². The van der Waals surface area contributed by atoms with E-state index in [1.807, 2.05) is 78.9 Å². The lowest BCUT2D eigenvalue weighted by molar-refractivity contribution is -0.146. The number of aromatic nitrogens is 2. The maximum Gasteiger partial charge on any atom is 0.408 e. The highest BCUT2D eigenvalue weighted by Crippen LogP contribution is 2.44. The van der Waals surface area contributed by atoms with E-state index in [-0.39, 0.29) is 19.1 Å². The largest absolute Gasteiger partial charge is 0.480 e. The first-order valence-electron chi connectivity index (χ1n) is 13.6. The van der Waals surface area contributed by atoms with E-state index < -0.39 is 36.2 Å².